The van der Waals surface area contributed by atoms with Gasteiger partial charge in [0.1, 0.15) is 0 Å². The molecule has 1 aliphatic rings. The molecule has 0 aromatic carbocycles. The number of hydrogen-bond donors (Lipinski definition) is 1. The number of guanidine groups is 1. The molecule has 1 N–H and O–H groups in total. The highest BCUT2D eigenvalue weighted by Gasteiger charge is 2.25. The van der Waals surface area contributed by atoms with E-state index in [1.807, 2.05) is 31.2 Å². The van der Waals surface area contributed by atoms with E-state index in [0.717, 1.165) is 38.4 Å². The van der Waals surface area contributed by atoms with Gasteiger partial charge in [0, 0.05) is 57.4 Å². The van der Waals surface area contributed by atoms with Gasteiger partial charge in [-0.3, -0.25) is 9.67 Å². The van der Waals surface area contributed by atoms with E-state index in [4.69, 9.17) is 0 Å². The topological polar surface area (TPSA) is 58.3 Å². The molecule has 1 unspecified atom stereocenters. The SMILES string of the molecule is CN=C(NCCc1ncc(C)s1)N1CCC(Cc2cnn(C)c2)C1. The molecule has 1 fully saturated rings. The highest BCUT2D eigenvalue weighted by Crippen LogP contribution is 2.20. The van der Waals surface area contributed by atoms with Gasteiger partial charge in [0.2, 0.25) is 0 Å². The maximum absolute atomic E-state index is 4.45. The third-order valence-electron chi connectivity index (χ3n) is 4.37. The van der Waals surface area contributed by atoms with Crippen molar-refractivity contribution >= 4 is 17.3 Å². The van der Waals surface area contributed by atoms with Crippen LogP contribution in [0.3, 0.4) is 0 Å². The summed E-state index contributed by atoms with van der Waals surface area (Å²) in [4.78, 5) is 12.5. The molecule has 1 aliphatic heterocycles. The van der Waals surface area contributed by atoms with Crippen molar-refractivity contribution in [1.29, 1.82) is 0 Å². The molecular formula is C17H26N6S. The summed E-state index contributed by atoms with van der Waals surface area (Å²) in [6.45, 7) is 5.11. The largest absolute Gasteiger partial charge is 0.356 e. The van der Waals surface area contributed by atoms with E-state index >= 15 is 0 Å². The van der Waals surface area contributed by atoms with E-state index in [9.17, 15) is 0 Å². The number of thiazole rings is 1. The predicted molar refractivity (Wildman–Crippen MR) is 98.5 cm³/mol. The smallest absolute Gasteiger partial charge is 0.193 e. The summed E-state index contributed by atoms with van der Waals surface area (Å²) in [5.74, 6) is 1.69. The van der Waals surface area contributed by atoms with Crippen LogP contribution in [0.15, 0.2) is 23.6 Å². The number of aromatic nitrogens is 3. The Labute approximate surface area is 147 Å². The minimum absolute atomic E-state index is 0.675. The van der Waals surface area contributed by atoms with E-state index in [-0.39, 0.29) is 0 Å². The van der Waals surface area contributed by atoms with Crippen LogP contribution in [-0.4, -0.2) is 52.3 Å². The summed E-state index contributed by atoms with van der Waals surface area (Å²) in [7, 11) is 3.84. The highest BCUT2D eigenvalue weighted by atomic mass is 32.1. The highest BCUT2D eigenvalue weighted by molar-refractivity contribution is 7.11. The number of rotatable bonds is 5. The normalized spacial score (nSPS) is 18.4. The molecule has 3 heterocycles. The molecule has 7 heteroatoms. The monoisotopic (exact) mass is 346 g/mol. The standard InChI is InChI=1S/C17H26N6S/c1-13-9-20-16(24-13)4-6-19-17(18-2)23-7-5-14(12-23)8-15-10-21-22(3)11-15/h9-11,14H,4-8,12H2,1-3H3,(H,18,19). The summed E-state index contributed by atoms with van der Waals surface area (Å²) < 4.78 is 1.88. The second-order valence-corrected chi connectivity index (χ2v) is 7.74. The molecule has 2 aromatic rings. The van der Waals surface area contributed by atoms with Gasteiger partial charge in [0.15, 0.2) is 5.96 Å². The lowest BCUT2D eigenvalue weighted by Crippen LogP contribution is -2.41. The Kier molecular flexibility index (Phi) is 5.50. The lowest BCUT2D eigenvalue weighted by atomic mass is 10.0. The zero-order valence-electron chi connectivity index (χ0n) is 14.7. The van der Waals surface area contributed by atoms with Crippen molar-refractivity contribution in [2.45, 2.75) is 26.2 Å². The molecule has 3 rings (SSSR count). The fourth-order valence-corrected chi connectivity index (χ4v) is 4.02. The van der Waals surface area contributed by atoms with Gasteiger partial charge in [-0.15, -0.1) is 11.3 Å². The van der Waals surface area contributed by atoms with Crippen molar-refractivity contribution in [2.75, 3.05) is 26.7 Å². The first kappa shape index (κ1) is 17.0. The maximum Gasteiger partial charge on any atom is 0.193 e. The average Bonchev–Trinajstić information content (AvgIpc) is 3.27. The van der Waals surface area contributed by atoms with Crippen molar-refractivity contribution in [3.63, 3.8) is 0 Å². The molecule has 0 aliphatic carbocycles. The first-order valence-corrected chi connectivity index (χ1v) is 9.30. The molecule has 6 nitrogen and oxygen atoms in total. The summed E-state index contributed by atoms with van der Waals surface area (Å²) in [6.07, 6.45) is 9.29. The summed E-state index contributed by atoms with van der Waals surface area (Å²) in [5, 5.41) is 8.93. The zero-order valence-corrected chi connectivity index (χ0v) is 15.5. The third kappa shape index (κ3) is 4.35. The van der Waals surface area contributed by atoms with Gasteiger partial charge in [0.05, 0.1) is 11.2 Å². The minimum atomic E-state index is 0.675. The molecule has 130 valence electrons. The fourth-order valence-electron chi connectivity index (χ4n) is 3.23. The van der Waals surface area contributed by atoms with E-state index < -0.39 is 0 Å². The van der Waals surface area contributed by atoms with Crippen LogP contribution in [-0.2, 0) is 19.9 Å². The Hall–Kier alpha value is -1.89. The Morgan fingerprint density at radius 3 is 3.00 bits per heavy atom. The second kappa shape index (κ2) is 7.79. The quantitative estimate of drug-likeness (QED) is 0.663. The second-order valence-electron chi connectivity index (χ2n) is 6.42. The van der Waals surface area contributed by atoms with Crippen LogP contribution in [0.1, 0.15) is 21.9 Å². The number of likely N-dealkylation sites (tertiary alicyclic amines) is 1. The van der Waals surface area contributed by atoms with Crippen molar-refractivity contribution in [3.8, 4) is 0 Å². The number of nitrogens with one attached hydrogen (secondary N) is 1. The van der Waals surface area contributed by atoms with Gasteiger partial charge in [-0.25, -0.2) is 4.98 Å². The van der Waals surface area contributed by atoms with E-state index in [2.05, 4.69) is 38.4 Å². The Morgan fingerprint density at radius 1 is 1.46 bits per heavy atom. The van der Waals surface area contributed by atoms with Crippen LogP contribution >= 0.6 is 11.3 Å². The van der Waals surface area contributed by atoms with Gasteiger partial charge in [-0.2, -0.15) is 5.10 Å². The predicted octanol–water partition coefficient (Wildman–Crippen LogP) is 1.87. The number of aryl methyl sites for hydroxylation is 2. The van der Waals surface area contributed by atoms with Gasteiger partial charge >= 0.3 is 0 Å². The van der Waals surface area contributed by atoms with Crippen molar-refractivity contribution in [3.05, 3.63) is 34.0 Å². The van der Waals surface area contributed by atoms with Gasteiger partial charge in [-0.1, -0.05) is 0 Å². The summed E-state index contributed by atoms with van der Waals surface area (Å²) in [6, 6.07) is 0. The Balaban J connectivity index is 1.46. The van der Waals surface area contributed by atoms with Gasteiger partial charge < -0.3 is 10.2 Å². The van der Waals surface area contributed by atoms with E-state index in [1.165, 1.54) is 21.9 Å². The minimum Gasteiger partial charge on any atom is -0.356 e. The first-order chi connectivity index (χ1) is 11.6. The number of nitrogens with zero attached hydrogens (tertiary/aromatic N) is 5. The van der Waals surface area contributed by atoms with E-state index in [1.54, 1.807) is 11.3 Å². The van der Waals surface area contributed by atoms with Crippen LogP contribution in [0.5, 0.6) is 0 Å². The maximum atomic E-state index is 4.45. The van der Waals surface area contributed by atoms with Crippen LogP contribution < -0.4 is 5.32 Å². The lowest BCUT2D eigenvalue weighted by molar-refractivity contribution is 0.460. The Bertz CT molecular complexity index is 689. The van der Waals surface area contributed by atoms with Gasteiger partial charge in [0.25, 0.3) is 0 Å². The van der Waals surface area contributed by atoms with Crippen LogP contribution in [0.25, 0.3) is 0 Å². The van der Waals surface area contributed by atoms with Crippen LogP contribution in [0.2, 0.25) is 0 Å². The summed E-state index contributed by atoms with van der Waals surface area (Å²) >= 11 is 1.77. The molecule has 2 aromatic heterocycles. The third-order valence-corrected chi connectivity index (χ3v) is 5.34. The van der Waals surface area contributed by atoms with Gasteiger partial charge in [-0.05, 0) is 31.2 Å². The zero-order chi connectivity index (χ0) is 16.9. The molecule has 0 spiro atoms. The molecule has 1 saturated heterocycles. The first-order valence-electron chi connectivity index (χ1n) is 8.48. The van der Waals surface area contributed by atoms with Crippen LogP contribution in [0, 0.1) is 12.8 Å². The van der Waals surface area contributed by atoms with Crippen molar-refractivity contribution < 1.29 is 0 Å². The van der Waals surface area contributed by atoms with Crippen LogP contribution in [0.4, 0.5) is 0 Å². The molecular weight excluding hydrogens is 320 g/mol. The summed E-state index contributed by atoms with van der Waals surface area (Å²) in [5.41, 5.74) is 1.33. The molecule has 0 saturated carbocycles. The molecule has 24 heavy (non-hydrogen) atoms. The lowest BCUT2D eigenvalue weighted by Gasteiger charge is -2.21. The molecule has 1 atom stereocenters. The van der Waals surface area contributed by atoms with Crippen molar-refractivity contribution in [1.82, 2.24) is 25.0 Å². The van der Waals surface area contributed by atoms with E-state index in [0.29, 0.717) is 5.92 Å². The molecule has 0 amide bonds. The number of hydrogen-bond acceptors (Lipinski definition) is 4. The Morgan fingerprint density at radius 2 is 2.33 bits per heavy atom. The molecule has 0 radical (unpaired) electrons. The number of aliphatic imine (C=N–C) groups is 1. The fraction of sp³-hybridized carbons (Fsp3) is 0.588. The average molecular weight is 347 g/mol. The molecule has 0 bridgehead atoms. The van der Waals surface area contributed by atoms with Crippen molar-refractivity contribution in [2.24, 2.45) is 18.0 Å².